The Hall–Kier alpha value is -4.59. The molecule has 0 aliphatic heterocycles. The minimum absolute atomic E-state index is 0.0878. The van der Waals surface area contributed by atoms with E-state index in [1.54, 1.807) is 11.8 Å². The second-order valence-electron chi connectivity index (χ2n) is 8.90. The number of aromatic nitrogens is 2. The van der Waals surface area contributed by atoms with Crippen LogP contribution in [0.3, 0.4) is 0 Å². The average Bonchev–Trinajstić information content (AvgIpc) is 3.27. The zero-order chi connectivity index (χ0) is 26.9. The van der Waals surface area contributed by atoms with Crippen LogP contribution in [0.4, 0.5) is 10.6 Å². The lowest BCUT2D eigenvalue weighted by Crippen LogP contribution is -2.44. The van der Waals surface area contributed by atoms with Crippen LogP contribution in [-0.2, 0) is 11.3 Å². The number of urea groups is 1. The highest BCUT2D eigenvalue weighted by Crippen LogP contribution is 2.33. The Morgan fingerprint density at radius 1 is 0.947 bits per heavy atom. The van der Waals surface area contributed by atoms with Gasteiger partial charge in [-0.25, -0.2) is 9.48 Å². The number of hydrogen-bond donors (Lipinski definition) is 2. The summed E-state index contributed by atoms with van der Waals surface area (Å²) >= 11 is 0. The van der Waals surface area contributed by atoms with Crippen LogP contribution in [0, 0.1) is 6.92 Å². The quantitative estimate of drug-likeness (QED) is 0.298. The van der Waals surface area contributed by atoms with Gasteiger partial charge in [0.25, 0.3) is 0 Å². The second-order valence-corrected chi connectivity index (χ2v) is 8.90. The molecule has 0 saturated heterocycles. The standard InChI is InChI=1S/C30H33N5O3/c1-4-19-34(30(37)31-20-23-11-7-5-8-12-23)21-27(36)32-29-28(24-13-9-6-10-14-24)22(2)33-35(29)25-15-17-26(38-3)18-16-25/h5-18H,4,19-21H2,1-3H3,(H,31,37)(H,32,36). The normalized spacial score (nSPS) is 10.6. The summed E-state index contributed by atoms with van der Waals surface area (Å²) in [6.07, 6.45) is 0.726. The molecule has 38 heavy (non-hydrogen) atoms. The smallest absolute Gasteiger partial charge is 0.318 e. The van der Waals surface area contributed by atoms with Crippen LogP contribution in [0.2, 0.25) is 0 Å². The van der Waals surface area contributed by atoms with Crippen molar-refractivity contribution in [3.05, 3.63) is 96.2 Å². The monoisotopic (exact) mass is 511 g/mol. The Morgan fingerprint density at radius 3 is 2.24 bits per heavy atom. The van der Waals surface area contributed by atoms with Gasteiger partial charge in [0, 0.05) is 18.7 Å². The van der Waals surface area contributed by atoms with Crippen molar-refractivity contribution >= 4 is 17.8 Å². The van der Waals surface area contributed by atoms with Crippen molar-refractivity contribution in [2.75, 3.05) is 25.5 Å². The topological polar surface area (TPSA) is 88.5 Å². The van der Waals surface area contributed by atoms with Crippen LogP contribution in [0.15, 0.2) is 84.9 Å². The van der Waals surface area contributed by atoms with Crippen LogP contribution in [-0.4, -0.2) is 46.8 Å². The molecule has 0 saturated carbocycles. The molecule has 0 unspecified atom stereocenters. The van der Waals surface area contributed by atoms with Gasteiger partial charge in [-0.2, -0.15) is 5.10 Å². The van der Waals surface area contributed by atoms with E-state index in [-0.39, 0.29) is 18.5 Å². The number of benzene rings is 3. The molecule has 0 bridgehead atoms. The molecule has 196 valence electrons. The molecular weight excluding hydrogens is 478 g/mol. The maximum absolute atomic E-state index is 13.4. The average molecular weight is 512 g/mol. The molecule has 3 amide bonds. The lowest BCUT2D eigenvalue weighted by Gasteiger charge is -2.22. The van der Waals surface area contributed by atoms with E-state index in [0.29, 0.717) is 18.9 Å². The first-order chi connectivity index (χ1) is 18.5. The summed E-state index contributed by atoms with van der Waals surface area (Å²) in [5.74, 6) is 0.966. The second kappa shape index (κ2) is 12.6. The number of ether oxygens (including phenoxy) is 1. The minimum atomic E-state index is -0.305. The number of hydrogen-bond acceptors (Lipinski definition) is 4. The van der Waals surface area contributed by atoms with Gasteiger partial charge in [0.1, 0.15) is 18.1 Å². The van der Waals surface area contributed by atoms with Gasteiger partial charge in [0.15, 0.2) is 0 Å². The van der Waals surface area contributed by atoms with E-state index in [1.165, 1.54) is 4.90 Å². The predicted octanol–water partition coefficient (Wildman–Crippen LogP) is 5.42. The molecule has 0 radical (unpaired) electrons. The van der Waals surface area contributed by atoms with Crippen LogP contribution in [0.25, 0.3) is 16.8 Å². The summed E-state index contributed by atoms with van der Waals surface area (Å²) in [6.45, 7) is 4.65. The van der Waals surface area contributed by atoms with Crippen molar-refractivity contribution in [2.24, 2.45) is 0 Å². The summed E-state index contributed by atoms with van der Waals surface area (Å²) in [4.78, 5) is 27.8. The zero-order valence-electron chi connectivity index (χ0n) is 22.0. The van der Waals surface area contributed by atoms with Crippen LogP contribution in [0.1, 0.15) is 24.6 Å². The number of methoxy groups -OCH3 is 1. The molecule has 1 aromatic heterocycles. The van der Waals surface area contributed by atoms with E-state index in [9.17, 15) is 9.59 Å². The van der Waals surface area contributed by atoms with Crippen LogP contribution in [0.5, 0.6) is 5.75 Å². The Morgan fingerprint density at radius 2 is 1.61 bits per heavy atom. The molecule has 8 heteroatoms. The van der Waals surface area contributed by atoms with Crippen molar-refractivity contribution in [3.8, 4) is 22.6 Å². The van der Waals surface area contributed by atoms with E-state index < -0.39 is 0 Å². The van der Waals surface area contributed by atoms with E-state index in [0.717, 1.165) is 40.2 Å². The van der Waals surface area contributed by atoms with E-state index in [4.69, 9.17) is 9.84 Å². The molecule has 2 N–H and O–H groups in total. The molecule has 3 aromatic carbocycles. The van der Waals surface area contributed by atoms with Gasteiger partial charge in [-0.05, 0) is 48.7 Å². The molecule has 1 heterocycles. The molecule has 0 aliphatic rings. The van der Waals surface area contributed by atoms with E-state index in [2.05, 4.69) is 10.6 Å². The number of rotatable bonds is 10. The zero-order valence-corrected chi connectivity index (χ0v) is 22.0. The Kier molecular flexibility index (Phi) is 8.77. The number of carbonyl (C=O) groups excluding carboxylic acids is 2. The number of nitrogens with one attached hydrogen (secondary N) is 2. The van der Waals surface area contributed by atoms with E-state index in [1.807, 2.05) is 98.8 Å². The fourth-order valence-corrected chi connectivity index (χ4v) is 4.26. The highest BCUT2D eigenvalue weighted by atomic mass is 16.5. The molecule has 8 nitrogen and oxygen atoms in total. The molecule has 0 aliphatic carbocycles. The fourth-order valence-electron chi connectivity index (χ4n) is 4.26. The third kappa shape index (κ3) is 6.39. The molecule has 0 atom stereocenters. The first-order valence-corrected chi connectivity index (χ1v) is 12.7. The maximum atomic E-state index is 13.4. The summed E-state index contributed by atoms with van der Waals surface area (Å²) in [7, 11) is 1.62. The number of anilines is 1. The van der Waals surface area contributed by atoms with Gasteiger partial charge >= 0.3 is 6.03 Å². The summed E-state index contributed by atoms with van der Waals surface area (Å²) < 4.78 is 7.01. The van der Waals surface area contributed by atoms with Crippen molar-refractivity contribution in [2.45, 2.75) is 26.8 Å². The molecule has 4 rings (SSSR count). The van der Waals surface area contributed by atoms with Crippen LogP contribution >= 0.6 is 0 Å². The Balaban J connectivity index is 1.58. The number of aryl methyl sites for hydroxylation is 1. The predicted molar refractivity (Wildman–Crippen MR) is 149 cm³/mol. The van der Waals surface area contributed by atoms with Gasteiger partial charge in [0.2, 0.25) is 5.91 Å². The highest BCUT2D eigenvalue weighted by molar-refractivity contribution is 5.97. The van der Waals surface area contributed by atoms with Crippen molar-refractivity contribution < 1.29 is 14.3 Å². The highest BCUT2D eigenvalue weighted by Gasteiger charge is 2.22. The maximum Gasteiger partial charge on any atom is 0.318 e. The van der Waals surface area contributed by atoms with Gasteiger partial charge < -0.3 is 20.3 Å². The van der Waals surface area contributed by atoms with E-state index >= 15 is 0 Å². The molecular formula is C30H33N5O3. The first kappa shape index (κ1) is 26.5. The van der Waals surface area contributed by atoms with Gasteiger partial charge in [-0.1, -0.05) is 67.6 Å². The van der Waals surface area contributed by atoms with Crippen molar-refractivity contribution in [1.29, 1.82) is 0 Å². The Bertz CT molecular complexity index is 1350. The SMILES string of the molecule is CCCN(CC(=O)Nc1c(-c2ccccc2)c(C)nn1-c1ccc(OC)cc1)C(=O)NCc1ccccc1. The fraction of sp³-hybridized carbons (Fsp3) is 0.233. The molecule has 0 fully saturated rings. The molecule has 0 spiro atoms. The van der Waals surface area contributed by atoms with Gasteiger partial charge in [-0.3, -0.25) is 4.79 Å². The summed E-state index contributed by atoms with van der Waals surface area (Å²) in [6, 6.07) is 26.7. The van der Waals surface area contributed by atoms with Crippen molar-refractivity contribution in [3.63, 3.8) is 0 Å². The summed E-state index contributed by atoms with van der Waals surface area (Å²) in [5, 5.41) is 10.7. The number of nitrogens with zero attached hydrogens (tertiary/aromatic N) is 3. The largest absolute Gasteiger partial charge is 0.497 e. The molecule has 4 aromatic rings. The first-order valence-electron chi connectivity index (χ1n) is 12.7. The van der Waals surface area contributed by atoms with Crippen LogP contribution < -0.4 is 15.4 Å². The minimum Gasteiger partial charge on any atom is -0.497 e. The third-order valence-electron chi connectivity index (χ3n) is 6.10. The Labute approximate surface area is 223 Å². The lowest BCUT2D eigenvalue weighted by molar-refractivity contribution is -0.116. The lowest BCUT2D eigenvalue weighted by atomic mass is 10.1. The van der Waals surface area contributed by atoms with Gasteiger partial charge in [-0.15, -0.1) is 0 Å². The number of carbonyl (C=O) groups is 2. The number of amides is 3. The third-order valence-corrected chi connectivity index (χ3v) is 6.10. The van der Waals surface area contributed by atoms with Crippen molar-refractivity contribution in [1.82, 2.24) is 20.0 Å². The van der Waals surface area contributed by atoms with Gasteiger partial charge in [0.05, 0.1) is 18.5 Å². The summed E-state index contributed by atoms with van der Waals surface area (Å²) in [5.41, 5.74) is 4.30.